The molecule has 4 nitrogen and oxygen atoms in total. The normalized spacial score (nSPS) is 11.3. The van der Waals surface area contributed by atoms with Gasteiger partial charge >= 0.3 is 25.0 Å². The van der Waals surface area contributed by atoms with Crippen molar-refractivity contribution in [2.75, 3.05) is 0 Å². The number of nitrogens with one attached hydrogen (secondary N) is 1. The van der Waals surface area contributed by atoms with Crippen molar-refractivity contribution in [2.24, 2.45) is 0 Å². The molecule has 0 amide bonds. The Hall–Kier alpha value is -1.45. The summed E-state index contributed by atoms with van der Waals surface area (Å²) >= 11 is 0. The van der Waals surface area contributed by atoms with Crippen LogP contribution in [0.25, 0.3) is 11.0 Å². The van der Waals surface area contributed by atoms with Gasteiger partial charge in [0.25, 0.3) is 0 Å². The Bertz CT molecular complexity index is 580. The number of carbonyl (C=O) groups is 1. The summed E-state index contributed by atoms with van der Waals surface area (Å²) in [6, 6.07) is 3.52. The Morgan fingerprint density at radius 1 is 1.39 bits per heavy atom. The number of fused-ring (bicyclic) bond motifs is 1. The Labute approximate surface area is 111 Å². The van der Waals surface area contributed by atoms with Crippen molar-refractivity contribution in [2.45, 2.75) is 12.6 Å². The van der Waals surface area contributed by atoms with Gasteiger partial charge in [0, 0.05) is 12.4 Å². The van der Waals surface area contributed by atoms with E-state index in [1.54, 1.807) is 0 Å². The summed E-state index contributed by atoms with van der Waals surface area (Å²) in [5.41, 5.74) is -1.02. The van der Waals surface area contributed by atoms with E-state index in [4.69, 9.17) is 0 Å². The number of alkyl halides is 3. The Morgan fingerprint density at radius 3 is 2.61 bits per heavy atom. The van der Waals surface area contributed by atoms with Gasteiger partial charge < -0.3 is 14.9 Å². The molecule has 1 N–H and O–H groups in total. The summed E-state index contributed by atoms with van der Waals surface area (Å²) in [5.74, 6) is -1.46. The van der Waals surface area contributed by atoms with Crippen LogP contribution < -0.4 is 24.0 Å². The van der Waals surface area contributed by atoms with E-state index in [-0.39, 0.29) is 35.7 Å². The fourth-order valence-corrected chi connectivity index (χ4v) is 1.53. The number of hydrogen-bond donors (Lipinski definition) is 1. The van der Waals surface area contributed by atoms with E-state index in [2.05, 4.69) is 9.97 Å². The minimum absolute atomic E-state index is 0. The minimum atomic E-state index is -4.52. The molecule has 0 aliphatic carbocycles. The summed E-state index contributed by atoms with van der Waals surface area (Å²) in [7, 11) is 0. The zero-order valence-corrected chi connectivity index (χ0v) is 9.34. The fraction of sp³-hybridized carbons (Fsp3) is 0.200. The van der Waals surface area contributed by atoms with Crippen molar-refractivity contribution in [3.05, 3.63) is 29.6 Å². The molecule has 0 saturated carbocycles. The van der Waals surface area contributed by atoms with Crippen molar-refractivity contribution in [3.8, 4) is 0 Å². The number of hydrogen-bond acceptors (Lipinski definition) is 3. The quantitative estimate of drug-likeness (QED) is 0.619. The van der Waals surface area contributed by atoms with Gasteiger partial charge in [-0.3, -0.25) is 0 Å². The maximum atomic E-state index is 12.6. The second kappa shape index (κ2) is 5.04. The summed E-state index contributed by atoms with van der Waals surface area (Å²) in [4.78, 5) is 16.5. The molecule has 0 saturated heterocycles. The van der Waals surface area contributed by atoms with Gasteiger partial charge in [-0.2, -0.15) is 13.2 Å². The molecule has 0 aliphatic heterocycles. The number of carboxylic acid groups (broad SMARTS) is 1. The minimum Gasteiger partial charge on any atom is -0.550 e. The van der Waals surface area contributed by atoms with Gasteiger partial charge in [-0.25, -0.2) is 4.98 Å². The topological polar surface area (TPSA) is 68.8 Å². The van der Waals surface area contributed by atoms with Crippen LogP contribution in [-0.2, 0) is 17.4 Å². The van der Waals surface area contributed by atoms with E-state index in [1.165, 1.54) is 12.1 Å². The first-order chi connectivity index (χ1) is 7.88. The molecule has 0 bridgehead atoms. The molecule has 18 heavy (non-hydrogen) atoms. The van der Waals surface area contributed by atoms with Gasteiger partial charge in [0.15, 0.2) is 0 Å². The van der Waals surface area contributed by atoms with Gasteiger partial charge in [-0.15, -0.1) is 0 Å². The number of halogens is 3. The number of aromatic amines is 1. The molecule has 0 fully saturated rings. The van der Waals surface area contributed by atoms with E-state index in [0.717, 1.165) is 6.07 Å². The SMILES string of the molecule is O=C([O-])Cc1nc2c(C(F)(F)F)cccc2[nH]1.[Li+]. The zero-order chi connectivity index (χ0) is 12.6. The van der Waals surface area contributed by atoms with Gasteiger partial charge in [0.05, 0.1) is 11.1 Å². The molecule has 0 unspecified atom stereocenters. The standard InChI is InChI=1S/C10H7F3N2O2.Li/c11-10(12,13)5-2-1-3-6-9(5)15-7(14-6)4-8(16)17;/h1-3H,4H2,(H,14,15)(H,16,17);/q;+1/p-1. The van der Waals surface area contributed by atoms with E-state index in [9.17, 15) is 23.1 Å². The molecule has 0 radical (unpaired) electrons. The van der Waals surface area contributed by atoms with Crippen LogP contribution in [0.5, 0.6) is 0 Å². The average Bonchev–Trinajstić information content (AvgIpc) is 2.55. The summed E-state index contributed by atoms with van der Waals surface area (Å²) < 4.78 is 37.8. The maximum absolute atomic E-state index is 12.6. The number of aromatic nitrogens is 2. The van der Waals surface area contributed by atoms with Crippen molar-refractivity contribution in [1.82, 2.24) is 9.97 Å². The van der Waals surface area contributed by atoms with Crippen LogP contribution >= 0.6 is 0 Å². The first kappa shape index (κ1) is 14.6. The Kier molecular flexibility index (Phi) is 4.09. The largest absolute Gasteiger partial charge is 1.00 e. The molecule has 1 aromatic heterocycles. The number of H-pyrrole nitrogens is 1. The van der Waals surface area contributed by atoms with Crippen molar-refractivity contribution in [3.63, 3.8) is 0 Å². The second-order valence-electron chi connectivity index (χ2n) is 3.43. The van der Waals surface area contributed by atoms with Gasteiger partial charge in [-0.1, -0.05) is 6.07 Å². The number of carboxylic acids is 1. The monoisotopic (exact) mass is 250 g/mol. The van der Waals surface area contributed by atoms with Crippen LogP contribution in [0.1, 0.15) is 11.4 Å². The zero-order valence-electron chi connectivity index (χ0n) is 9.34. The molecular weight excluding hydrogens is 244 g/mol. The molecule has 2 aromatic rings. The first-order valence-electron chi connectivity index (χ1n) is 4.62. The first-order valence-corrected chi connectivity index (χ1v) is 4.62. The smallest absolute Gasteiger partial charge is 0.550 e. The van der Waals surface area contributed by atoms with Gasteiger partial charge in [-0.05, 0) is 12.1 Å². The third-order valence-corrected chi connectivity index (χ3v) is 2.18. The Balaban J connectivity index is 0.00000162. The summed E-state index contributed by atoms with van der Waals surface area (Å²) in [6.07, 6.45) is -5.07. The van der Waals surface area contributed by atoms with Crippen molar-refractivity contribution >= 4 is 17.0 Å². The van der Waals surface area contributed by atoms with E-state index in [1.807, 2.05) is 0 Å². The molecule has 1 heterocycles. The third kappa shape index (κ3) is 2.86. The number of benzene rings is 1. The maximum Gasteiger partial charge on any atom is 1.00 e. The molecule has 90 valence electrons. The molecule has 0 atom stereocenters. The summed E-state index contributed by atoms with van der Waals surface area (Å²) in [5, 5.41) is 10.3. The molecule has 0 spiro atoms. The molecule has 0 aliphatic rings. The average molecular weight is 250 g/mol. The van der Waals surface area contributed by atoms with Crippen LogP contribution in [-0.4, -0.2) is 15.9 Å². The van der Waals surface area contributed by atoms with E-state index >= 15 is 0 Å². The second-order valence-corrected chi connectivity index (χ2v) is 3.43. The van der Waals surface area contributed by atoms with Crippen LogP contribution in [0.2, 0.25) is 0 Å². The molecule has 1 aromatic carbocycles. The number of imidazole rings is 1. The predicted octanol–water partition coefficient (Wildman–Crippen LogP) is -2.12. The van der Waals surface area contributed by atoms with Crippen molar-refractivity contribution < 1.29 is 41.9 Å². The third-order valence-electron chi connectivity index (χ3n) is 2.18. The predicted molar refractivity (Wildman–Crippen MR) is 49.8 cm³/mol. The van der Waals surface area contributed by atoms with Crippen LogP contribution in [0, 0.1) is 0 Å². The number of rotatable bonds is 2. The summed E-state index contributed by atoms with van der Waals surface area (Å²) in [6.45, 7) is 0. The van der Waals surface area contributed by atoms with Crippen LogP contribution in [0.3, 0.4) is 0 Å². The molecule has 2 rings (SSSR count). The van der Waals surface area contributed by atoms with Crippen LogP contribution in [0.15, 0.2) is 18.2 Å². The number of aliphatic carboxylic acids is 1. The van der Waals surface area contributed by atoms with Crippen molar-refractivity contribution in [1.29, 1.82) is 0 Å². The van der Waals surface area contributed by atoms with Gasteiger partial charge in [0.2, 0.25) is 0 Å². The molecular formula is C10H6F3LiN2O2. The van der Waals surface area contributed by atoms with E-state index < -0.39 is 24.1 Å². The van der Waals surface area contributed by atoms with Crippen LogP contribution in [0.4, 0.5) is 13.2 Å². The van der Waals surface area contributed by atoms with E-state index in [0.29, 0.717) is 0 Å². The number of carbonyl (C=O) groups excluding carboxylic acids is 1. The molecule has 8 heteroatoms. The number of para-hydroxylation sites is 1. The fourth-order valence-electron chi connectivity index (χ4n) is 1.53. The van der Waals surface area contributed by atoms with Gasteiger partial charge in [0.1, 0.15) is 11.3 Å². The Morgan fingerprint density at radius 2 is 2.06 bits per heavy atom. The number of nitrogens with zero attached hydrogens (tertiary/aromatic N) is 1.